The van der Waals surface area contributed by atoms with Gasteiger partial charge in [0.2, 0.25) is 0 Å². The van der Waals surface area contributed by atoms with Gasteiger partial charge in [0.25, 0.3) is 0 Å². The van der Waals surface area contributed by atoms with Crippen molar-refractivity contribution in [3.05, 3.63) is 37.6 Å². The van der Waals surface area contributed by atoms with Crippen LogP contribution in [0.5, 0.6) is 0 Å². The Hall–Kier alpha value is 0.951. The Balaban J connectivity index is -0.0000000817. The van der Waals surface area contributed by atoms with Crippen LogP contribution in [0.15, 0.2) is 16.7 Å². The van der Waals surface area contributed by atoms with Gasteiger partial charge in [0.05, 0.1) is 0 Å². The number of hydrogen-bond acceptors (Lipinski definition) is 1. The summed E-state index contributed by atoms with van der Waals surface area (Å²) in [5, 5.41) is 3.62. The smallest absolute Gasteiger partial charge is 1.00 e. The average molecular weight is 373 g/mol. The van der Waals surface area contributed by atoms with Gasteiger partial charge in [0.1, 0.15) is 0 Å². The summed E-state index contributed by atoms with van der Waals surface area (Å²) in [5.41, 5.74) is 4.09. The van der Waals surface area contributed by atoms with E-state index in [4.69, 9.17) is 0 Å². The zero-order chi connectivity index (χ0) is 11.1. The molecule has 0 saturated heterocycles. The van der Waals surface area contributed by atoms with Gasteiger partial charge in [-0.25, -0.2) is 11.6 Å². The van der Waals surface area contributed by atoms with Crippen molar-refractivity contribution in [1.29, 1.82) is 0 Å². The van der Waals surface area contributed by atoms with Crippen molar-refractivity contribution in [1.82, 2.24) is 5.32 Å². The van der Waals surface area contributed by atoms with Crippen LogP contribution in [0.2, 0.25) is 0 Å². The minimum absolute atomic E-state index is 0. The summed E-state index contributed by atoms with van der Waals surface area (Å²) in [7, 11) is 0. The van der Waals surface area contributed by atoms with Crippen molar-refractivity contribution in [3.8, 4) is 0 Å². The molecule has 0 fully saturated rings. The van der Waals surface area contributed by atoms with Crippen LogP contribution in [0.4, 0.5) is 0 Å². The Bertz CT molecular complexity index is 322. The van der Waals surface area contributed by atoms with E-state index in [1.165, 1.54) is 16.7 Å². The van der Waals surface area contributed by atoms with E-state index >= 15 is 0 Å². The minimum atomic E-state index is -0.0770. The first kappa shape index (κ1) is 37.3. The van der Waals surface area contributed by atoms with Crippen LogP contribution < -0.4 is 30.1 Å². The van der Waals surface area contributed by atoms with Gasteiger partial charge in [-0.15, -0.1) is 12.5 Å². The zero-order valence-electron chi connectivity index (χ0n) is 13.8. The Kier molecular flexibility index (Phi) is 23.3. The normalized spacial score (nSPS) is 19.9. The van der Waals surface area contributed by atoms with Crippen LogP contribution in [0.1, 0.15) is 48.5 Å². The van der Waals surface area contributed by atoms with Gasteiger partial charge in [-0.05, 0) is 37.3 Å². The molecule has 0 aliphatic heterocycles. The van der Waals surface area contributed by atoms with E-state index in [2.05, 4.69) is 59.9 Å². The van der Waals surface area contributed by atoms with Crippen molar-refractivity contribution in [3.63, 3.8) is 0 Å². The van der Waals surface area contributed by atoms with Gasteiger partial charge in [0.15, 0.2) is 0 Å². The van der Waals surface area contributed by atoms with Crippen molar-refractivity contribution in [2.24, 2.45) is 0 Å². The molecule has 1 unspecified atom stereocenters. The standard InChI is InChI=1S/C13H22N.2CH3.2ClH.H4Si.Ti/c1-9-8-13(7,11(3)10(9)2)14-12(4,5)6;;;;;;/h14H,1-7H3;2*1H3;2*1H;1H4;/q3*-1;;;;+2/p-2. The molecule has 20 heavy (non-hydrogen) atoms. The van der Waals surface area contributed by atoms with Gasteiger partial charge in [0, 0.05) is 5.54 Å². The second kappa shape index (κ2) is 12.5. The monoisotopic (exact) mass is 372 g/mol. The molecule has 0 radical (unpaired) electrons. The van der Waals surface area contributed by atoms with Crippen LogP contribution in [-0.4, -0.2) is 22.0 Å². The fourth-order valence-corrected chi connectivity index (χ4v) is 2.09. The molecule has 0 aromatic rings. The first-order chi connectivity index (χ1) is 6.16. The summed E-state index contributed by atoms with van der Waals surface area (Å²) in [4.78, 5) is 0. The molecule has 1 atom stereocenters. The molecule has 0 aromatic carbocycles. The second-order valence-corrected chi connectivity index (χ2v) is 5.50. The quantitative estimate of drug-likeness (QED) is 0.375. The Labute approximate surface area is 159 Å². The largest absolute Gasteiger partial charge is 2.00 e. The summed E-state index contributed by atoms with van der Waals surface area (Å²) < 4.78 is 0. The predicted octanol–water partition coefficient (Wildman–Crippen LogP) is -3.31. The molecule has 1 aliphatic carbocycles. The molecule has 0 bridgehead atoms. The number of halogens is 2. The van der Waals surface area contributed by atoms with Gasteiger partial charge in [-0.2, -0.15) is 5.57 Å². The number of allylic oxidation sites excluding steroid dienone is 2. The third-order valence-corrected chi connectivity index (χ3v) is 2.94. The average Bonchev–Trinajstić information content (AvgIpc) is 2.11. The van der Waals surface area contributed by atoms with Gasteiger partial charge in [-0.1, -0.05) is 20.8 Å². The van der Waals surface area contributed by atoms with Crippen molar-refractivity contribution >= 4 is 11.0 Å². The van der Waals surface area contributed by atoms with Crippen molar-refractivity contribution < 1.29 is 46.5 Å². The number of nitrogens with one attached hydrogen (secondary N) is 1. The summed E-state index contributed by atoms with van der Waals surface area (Å²) in [5.74, 6) is 0. The van der Waals surface area contributed by atoms with E-state index in [-0.39, 0.29) is 83.4 Å². The molecule has 1 rings (SSSR count). The second-order valence-electron chi connectivity index (χ2n) is 5.50. The molecule has 0 spiro atoms. The first-order valence-electron chi connectivity index (χ1n) is 5.25. The number of rotatable bonds is 1. The molecule has 0 heterocycles. The maximum Gasteiger partial charge on any atom is 2.00 e. The predicted molar refractivity (Wildman–Crippen MR) is 86.3 cm³/mol. The topological polar surface area (TPSA) is 12.0 Å². The van der Waals surface area contributed by atoms with E-state index in [1.54, 1.807) is 0 Å². The fourth-order valence-electron chi connectivity index (χ4n) is 2.09. The van der Waals surface area contributed by atoms with Crippen molar-refractivity contribution in [2.45, 2.75) is 59.5 Å². The van der Waals surface area contributed by atoms with E-state index in [0.717, 1.165) is 0 Å². The summed E-state index contributed by atoms with van der Waals surface area (Å²) in [6.07, 6.45) is 3.52. The Morgan fingerprint density at radius 2 is 1.35 bits per heavy atom. The summed E-state index contributed by atoms with van der Waals surface area (Å²) >= 11 is 0. The molecule has 0 aromatic heterocycles. The van der Waals surface area contributed by atoms with Crippen LogP contribution in [-0.2, 0) is 21.7 Å². The van der Waals surface area contributed by atoms with Crippen LogP contribution in [0.3, 0.4) is 0 Å². The molecule has 5 heteroatoms. The van der Waals surface area contributed by atoms with Gasteiger partial charge in [-0.3, -0.25) is 0 Å². The van der Waals surface area contributed by atoms with E-state index in [0.29, 0.717) is 0 Å². The third-order valence-electron chi connectivity index (χ3n) is 2.94. The summed E-state index contributed by atoms with van der Waals surface area (Å²) in [6.45, 7) is 15.3. The van der Waals surface area contributed by atoms with Crippen LogP contribution in [0, 0.1) is 20.9 Å². The third kappa shape index (κ3) is 9.07. The van der Waals surface area contributed by atoms with Gasteiger partial charge < -0.3 is 45.0 Å². The maximum atomic E-state index is 3.62. The van der Waals surface area contributed by atoms with Gasteiger partial charge >= 0.3 is 21.7 Å². The van der Waals surface area contributed by atoms with E-state index < -0.39 is 0 Å². The SMILES string of the molecule is CC1=[C-]C(C)(NC(C)(C)C)C(C)=C1C.[CH3-].[CH3-].[Cl-].[Cl-].[SiH4].[Ti+2]. The number of hydrogen-bond donors (Lipinski definition) is 1. The van der Waals surface area contributed by atoms with E-state index in [1.807, 2.05) is 0 Å². The van der Waals surface area contributed by atoms with Crippen molar-refractivity contribution in [2.75, 3.05) is 0 Å². The molecule has 1 aliphatic rings. The molecule has 0 saturated carbocycles. The molecular weight excluding hydrogens is 341 g/mol. The Morgan fingerprint density at radius 3 is 1.55 bits per heavy atom. The van der Waals surface area contributed by atoms with E-state index in [9.17, 15) is 0 Å². The summed E-state index contributed by atoms with van der Waals surface area (Å²) in [6, 6.07) is 0. The fraction of sp³-hybridized carbons (Fsp3) is 0.600. The first-order valence-corrected chi connectivity index (χ1v) is 5.25. The minimum Gasteiger partial charge on any atom is -1.00 e. The molecule has 1 N–H and O–H groups in total. The Morgan fingerprint density at radius 1 is 1.00 bits per heavy atom. The van der Waals surface area contributed by atoms with Crippen LogP contribution in [0.25, 0.3) is 0 Å². The zero-order valence-corrected chi connectivity index (χ0v) is 16.8. The molecular formula is C15H32Cl2NSiTi-3. The maximum absolute atomic E-state index is 3.62. The molecule has 1 nitrogen and oxygen atoms in total. The van der Waals surface area contributed by atoms with Crippen LogP contribution >= 0.6 is 0 Å². The molecule has 122 valence electrons. The molecule has 0 amide bonds.